The van der Waals surface area contributed by atoms with Crippen molar-refractivity contribution in [3.05, 3.63) is 0 Å². The van der Waals surface area contributed by atoms with E-state index < -0.39 is 277 Å². The Hall–Kier alpha value is -4.76. The van der Waals surface area contributed by atoms with Crippen molar-refractivity contribution in [2.75, 3.05) is 58.5 Å². The SMILES string of the molecule is CC(=O)N[C@H]1[C@H](O[C@@H]2[C@H](O[C@@]3(C(=O)O)C[C@H](O)[C@@H](NC(C)=O)[C@H]([C@H](O)[C@H](O)CO)O3)[C@@H](O)[C@H](O[C@H]3[C@H](O)[C@@H](O)[C@H](OCCCCCCCCNC(=O)CCCC[C@@H]4SC[C@@H]5NC(=O)N[C@@H]54)O[C@@H]3CO)O[C@@H]2CO)O[C@H](CO)[C@H](O)[C@@H]1O[C@@H]1O[C@H](CO)[C@H](O)[C@H](O[C@@]2(C(=O)O)C[C@H](O)[C@@H](NC(C)=O)[C@H]([C@H](O)[C@H](O)CO)O2)[C@H]1O. The maximum atomic E-state index is 13.9. The van der Waals surface area contributed by atoms with E-state index in [9.17, 15) is 136 Å². The summed E-state index contributed by atoms with van der Waals surface area (Å²) in [6.07, 6.45) is -55.4. The highest BCUT2D eigenvalue weighted by Gasteiger charge is 2.64. The number of urea groups is 1. The molecule has 0 saturated carbocycles. The van der Waals surface area contributed by atoms with Gasteiger partial charge >= 0.3 is 18.0 Å². The van der Waals surface area contributed by atoms with Gasteiger partial charge in [0.05, 0.1) is 76.0 Å². The zero-order valence-electron chi connectivity index (χ0n) is 61.5. The fourth-order valence-corrected chi connectivity index (χ4v) is 16.5. The predicted molar refractivity (Wildman–Crippen MR) is 367 cm³/mol. The van der Waals surface area contributed by atoms with Crippen LogP contribution in [-0.4, -0.2) is 415 Å². The van der Waals surface area contributed by atoms with E-state index in [0.29, 0.717) is 31.1 Å². The van der Waals surface area contributed by atoms with E-state index in [4.69, 9.17) is 56.8 Å². The fourth-order valence-electron chi connectivity index (χ4n) is 15.0. The average Bonchev–Trinajstić information content (AvgIpc) is 0.988. The number of aliphatic hydroxyl groups excluding tert-OH is 18. The molecule has 6 amide bonds. The third kappa shape index (κ3) is 22.3. The van der Waals surface area contributed by atoms with Crippen LogP contribution in [0, 0.1) is 0 Å². The van der Waals surface area contributed by atoms with Crippen LogP contribution in [-0.2, 0) is 85.6 Å². The maximum absolute atomic E-state index is 13.9. The van der Waals surface area contributed by atoms with Crippen molar-refractivity contribution >= 4 is 53.4 Å². The molecule has 8 aliphatic rings. The van der Waals surface area contributed by atoms with Crippen molar-refractivity contribution in [3.8, 4) is 0 Å². The Morgan fingerprint density at radius 2 is 0.964 bits per heavy atom. The number of ether oxygens (including phenoxy) is 12. The highest BCUT2D eigenvalue weighted by molar-refractivity contribution is 8.00. The lowest BCUT2D eigenvalue weighted by Gasteiger charge is -2.53. The molecule has 0 unspecified atom stereocenters. The molecule has 0 bridgehead atoms. The third-order valence-electron chi connectivity index (χ3n) is 20.8. The number of fused-ring (bicyclic) bond motifs is 1. The van der Waals surface area contributed by atoms with Gasteiger partial charge in [-0.05, 0) is 25.7 Å². The zero-order chi connectivity index (χ0) is 82.4. The van der Waals surface area contributed by atoms with Gasteiger partial charge in [-0.3, -0.25) is 19.2 Å². The first kappa shape index (κ1) is 92.7. The molecule has 0 aromatic rings. The molecule has 46 heteroatoms. The predicted octanol–water partition coefficient (Wildman–Crippen LogP) is -12.1. The van der Waals surface area contributed by atoms with E-state index in [0.717, 1.165) is 71.5 Å². The number of hydrogen-bond donors (Lipinski definition) is 26. The van der Waals surface area contributed by atoms with Gasteiger partial charge in [-0.1, -0.05) is 32.1 Å². The molecule has 0 aromatic carbocycles. The van der Waals surface area contributed by atoms with Crippen molar-refractivity contribution < 1.29 is 193 Å². The second kappa shape index (κ2) is 42.1. The summed E-state index contributed by atoms with van der Waals surface area (Å²) >= 11 is 1.82. The fraction of sp³-hybridized carbons (Fsp3) is 0.894. The Balaban J connectivity index is 1.00. The van der Waals surface area contributed by atoms with Crippen LogP contribution in [0.5, 0.6) is 0 Å². The summed E-state index contributed by atoms with van der Waals surface area (Å²) in [4.78, 5) is 89.5. The Morgan fingerprint density at radius 3 is 1.49 bits per heavy atom. The second-order valence-corrected chi connectivity index (χ2v) is 30.3. The summed E-state index contributed by atoms with van der Waals surface area (Å²) in [7, 11) is 0. The average molecular weight is 1640 g/mol. The first-order valence-electron chi connectivity index (χ1n) is 37.1. The van der Waals surface area contributed by atoms with E-state index in [1.54, 1.807) is 0 Å². The lowest BCUT2D eigenvalue weighted by Crippen LogP contribution is -2.72. The van der Waals surface area contributed by atoms with Gasteiger partial charge in [0.25, 0.3) is 11.6 Å². The van der Waals surface area contributed by atoms with E-state index in [1.807, 2.05) is 11.8 Å². The minimum absolute atomic E-state index is 0.0391. The summed E-state index contributed by atoms with van der Waals surface area (Å²) in [6.45, 7) is -4.03. The zero-order valence-corrected chi connectivity index (χ0v) is 62.3. The van der Waals surface area contributed by atoms with E-state index in [-0.39, 0.29) is 30.6 Å². The molecule has 8 saturated heterocycles. The molecule has 0 aliphatic carbocycles. The number of rotatable bonds is 40. The van der Waals surface area contributed by atoms with Gasteiger partial charge in [-0.15, -0.1) is 0 Å². The van der Waals surface area contributed by atoms with Crippen LogP contribution in [0.25, 0.3) is 0 Å². The summed E-state index contributed by atoms with van der Waals surface area (Å²) in [6, 6.07) is -5.60. The normalized spacial score (nSPS) is 40.6. The summed E-state index contributed by atoms with van der Waals surface area (Å²) in [5, 5.41) is 239. The molecule has 8 aliphatic heterocycles. The minimum Gasteiger partial charge on any atom is -0.477 e. The van der Waals surface area contributed by atoms with Gasteiger partial charge in [0, 0.05) is 64.2 Å². The lowest BCUT2D eigenvalue weighted by molar-refractivity contribution is -0.405. The number of hydrogen-bond acceptors (Lipinski definition) is 38. The van der Waals surface area contributed by atoms with Crippen molar-refractivity contribution in [1.82, 2.24) is 31.9 Å². The smallest absolute Gasteiger partial charge is 0.364 e. The third-order valence-corrected chi connectivity index (χ3v) is 22.3. The molecular weight excluding hydrogens is 1530 g/mol. The highest BCUT2D eigenvalue weighted by atomic mass is 32.2. The molecule has 45 nitrogen and oxygen atoms in total. The van der Waals surface area contributed by atoms with Crippen LogP contribution in [0.4, 0.5) is 4.79 Å². The van der Waals surface area contributed by atoms with Crippen LogP contribution in [0.15, 0.2) is 0 Å². The van der Waals surface area contributed by atoms with Gasteiger partial charge in [0.1, 0.15) is 134 Å². The molecule has 644 valence electrons. The molecule has 112 heavy (non-hydrogen) atoms. The van der Waals surface area contributed by atoms with Crippen LogP contribution < -0.4 is 31.9 Å². The van der Waals surface area contributed by atoms with E-state index >= 15 is 0 Å². The van der Waals surface area contributed by atoms with Crippen molar-refractivity contribution in [2.24, 2.45) is 0 Å². The number of thioether (sulfide) groups is 1. The van der Waals surface area contributed by atoms with Crippen LogP contribution in [0.1, 0.15) is 97.8 Å². The number of amides is 6. The lowest BCUT2D eigenvalue weighted by atomic mass is 9.88. The van der Waals surface area contributed by atoms with Crippen LogP contribution in [0.2, 0.25) is 0 Å². The van der Waals surface area contributed by atoms with Crippen LogP contribution in [0.3, 0.4) is 0 Å². The number of carboxylic acid groups (broad SMARTS) is 2. The quantitative estimate of drug-likeness (QED) is 0.0200. The molecule has 8 rings (SSSR count). The van der Waals surface area contributed by atoms with E-state index in [1.165, 1.54) is 0 Å². The van der Waals surface area contributed by atoms with Gasteiger partial charge in [-0.2, -0.15) is 11.8 Å². The number of carbonyl (C=O) groups is 7. The maximum Gasteiger partial charge on any atom is 0.364 e. The topological polar surface area (TPSA) is 707 Å². The van der Waals surface area contributed by atoms with Crippen molar-refractivity contribution in [2.45, 2.75) is 310 Å². The van der Waals surface area contributed by atoms with Crippen molar-refractivity contribution in [3.63, 3.8) is 0 Å². The number of unbranched alkanes of at least 4 members (excludes halogenated alkanes) is 6. The standard InChI is InChI=1S/C66H110N6O39S/c1-25(79)68-40-29(82)16-65(62(95)96,108-54(40)43(87)31(84)18-73)110-56-46(90)34(21-76)102-60(49(56)93)107-53-42(70-27(3)81)58(101-33(20-75)45(53)89)106-52-36(23-78)104-61(50(94)57(52)111-66(63(97)98)17-30(83)41(69-26(2)80)55(109-66)44(88)32(85)19-74)105-51-35(22-77)103-59(48(92)47(51)91)100-15-11-7-5-4-6-10-14-67-38(86)13-9-8-12-37-39-28(24-112-37)71-64(99)72-39/h28-37,39-61,73-78,82-85,87-94H,4-24H2,1-3H3,(H,67,86)(H,68,79)(H,69,80)(H,70,81)(H,95,96)(H,97,98)(H2,71,72,99)/t28-,29-,30-,31+,32+,33+,34+,35+,36+,37-,39-,40+,41+,42+,43+,44+,45-,46-,47+,48+,49+,50+,51+,52-,53+,54+,55+,56-,57+,58-,59+,60-,61-,65+,66+/m0/s1. The second-order valence-electron chi connectivity index (χ2n) is 29.0. The Kier molecular flexibility index (Phi) is 34.8. The Labute approximate surface area is 644 Å². The van der Waals surface area contributed by atoms with Gasteiger partial charge in [0.15, 0.2) is 25.2 Å². The highest BCUT2D eigenvalue weighted by Crippen LogP contribution is 2.43. The molecule has 0 aromatic heterocycles. The summed E-state index contributed by atoms with van der Waals surface area (Å²) in [5.41, 5.74) is 0. The van der Waals surface area contributed by atoms with E-state index in [2.05, 4.69) is 31.9 Å². The molecule has 0 spiro atoms. The number of aliphatic hydroxyl groups is 18. The molecule has 0 radical (unpaired) electrons. The monoisotopic (exact) mass is 1640 g/mol. The first-order valence-corrected chi connectivity index (χ1v) is 38.1. The summed E-state index contributed by atoms with van der Waals surface area (Å²) < 4.78 is 71.5. The first-order chi connectivity index (χ1) is 53.1. The Bertz CT molecular complexity index is 3040. The number of aliphatic carboxylic acids is 2. The number of carbonyl (C=O) groups excluding carboxylic acids is 5. The van der Waals surface area contributed by atoms with Gasteiger partial charge < -0.3 is 191 Å². The molecule has 8 fully saturated rings. The Morgan fingerprint density at radius 1 is 0.509 bits per heavy atom. The van der Waals surface area contributed by atoms with Gasteiger partial charge in [-0.25, -0.2) is 14.4 Å². The largest absolute Gasteiger partial charge is 0.477 e. The molecule has 8 heterocycles. The van der Waals surface area contributed by atoms with Gasteiger partial charge in [0.2, 0.25) is 23.6 Å². The van der Waals surface area contributed by atoms with Crippen molar-refractivity contribution in [1.29, 1.82) is 0 Å². The number of nitrogens with one attached hydrogen (secondary N) is 6. The summed E-state index contributed by atoms with van der Waals surface area (Å²) in [5.74, 6) is -13.2. The van der Waals surface area contributed by atoms with Crippen LogP contribution >= 0.6 is 11.8 Å². The number of carboxylic acids is 2. The molecule has 35 atom stereocenters. The molecule has 26 N–H and O–H groups in total. The minimum atomic E-state index is -3.46. The molecular formula is C66H110N6O39S.